The molecule has 2 rings (SSSR count). The molecule has 1 aromatic rings. The summed E-state index contributed by atoms with van der Waals surface area (Å²) >= 11 is 0. The van der Waals surface area contributed by atoms with E-state index >= 15 is 0 Å². The molecule has 0 spiro atoms. The summed E-state index contributed by atoms with van der Waals surface area (Å²) in [5.74, 6) is 0.177. The Morgan fingerprint density at radius 2 is 1.85 bits per heavy atom. The van der Waals surface area contributed by atoms with Gasteiger partial charge in [0.2, 0.25) is 5.91 Å². The maximum absolute atomic E-state index is 12.4. The van der Waals surface area contributed by atoms with E-state index in [1.807, 2.05) is 25.7 Å². The Balaban J connectivity index is 1.63. The van der Waals surface area contributed by atoms with Crippen LogP contribution >= 0.6 is 0 Å². The second kappa shape index (κ2) is 9.74. The minimum atomic E-state index is -0.500. The Bertz CT molecular complexity index is 632. The van der Waals surface area contributed by atoms with Crippen molar-refractivity contribution in [1.29, 1.82) is 0 Å². The topological polar surface area (TPSA) is 63.1 Å². The van der Waals surface area contributed by atoms with E-state index in [1.54, 1.807) is 0 Å². The van der Waals surface area contributed by atoms with Crippen LogP contribution in [0, 0.1) is 6.92 Å². The molecule has 0 radical (unpaired) electrons. The van der Waals surface area contributed by atoms with Crippen LogP contribution in [0.1, 0.15) is 44.7 Å². The Labute approximate surface area is 162 Å². The minimum Gasteiger partial charge on any atom is -0.444 e. The summed E-state index contributed by atoms with van der Waals surface area (Å²) in [5.41, 5.74) is 2.22. The van der Waals surface area contributed by atoms with Crippen LogP contribution in [-0.4, -0.2) is 55.2 Å². The molecule has 0 unspecified atom stereocenters. The number of nitrogens with one attached hydrogen (secondary N) is 2. The van der Waals surface area contributed by atoms with Crippen molar-refractivity contribution in [2.45, 2.75) is 52.7 Å². The molecule has 1 fully saturated rings. The number of hydrogen-bond acceptors (Lipinski definition) is 3. The van der Waals surface area contributed by atoms with E-state index in [0.29, 0.717) is 19.4 Å². The molecule has 0 saturated carbocycles. The number of aryl methyl sites for hydroxylation is 1. The van der Waals surface area contributed by atoms with Crippen molar-refractivity contribution in [2.24, 2.45) is 0 Å². The molecular formula is C21H34N3O3+. The van der Waals surface area contributed by atoms with Crippen molar-refractivity contribution in [1.82, 2.24) is 10.2 Å². The predicted molar refractivity (Wildman–Crippen MR) is 106 cm³/mol. The van der Waals surface area contributed by atoms with E-state index in [0.717, 1.165) is 32.7 Å². The van der Waals surface area contributed by atoms with Gasteiger partial charge in [0.15, 0.2) is 0 Å². The first kappa shape index (κ1) is 21.2. The first-order chi connectivity index (χ1) is 12.7. The molecular weight excluding hydrogens is 342 g/mol. The smallest absolute Gasteiger partial charge is 0.407 e. The fourth-order valence-electron chi connectivity index (χ4n) is 3.23. The van der Waals surface area contributed by atoms with Gasteiger partial charge in [0.05, 0.1) is 26.2 Å². The van der Waals surface area contributed by atoms with Crippen LogP contribution in [0.3, 0.4) is 0 Å². The van der Waals surface area contributed by atoms with Gasteiger partial charge in [0.25, 0.3) is 0 Å². The number of carbonyl (C=O) groups is 2. The van der Waals surface area contributed by atoms with E-state index in [1.165, 1.54) is 16.0 Å². The van der Waals surface area contributed by atoms with Crippen LogP contribution in [0.25, 0.3) is 0 Å². The van der Waals surface area contributed by atoms with Gasteiger partial charge in [-0.05, 0) is 39.7 Å². The van der Waals surface area contributed by atoms with Crippen LogP contribution in [0.4, 0.5) is 4.79 Å². The van der Waals surface area contributed by atoms with Crippen LogP contribution < -0.4 is 10.2 Å². The third-order valence-electron chi connectivity index (χ3n) is 4.76. The van der Waals surface area contributed by atoms with Gasteiger partial charge < -0.3 is 19.9 Å². The first-order valence-electron chi connectivity index (χ1n) is 9.87. The number of rotatable bonds is 6. The summed E-state index contributed by atoms with van der Waals surface area (Å²) in [6.45, 7) is 12.7. The number of benzene rings is 1. The Kier molecular flexibility index (Phi) is 7.66. The van der Waals surface area contributed by atoms with Gasteiger partial charge in [0, 0.05) is 18.5 Å². The monoisotopic (exact) mass is 376 g/mol. The Morgan fingerprint density at radius 1 is 1.19 bits per heavy atom. The molecule has 6 heteroatoms. The van der Waals surface area contributed by atoms with Crippen molar-refractivity contribution in [2.75, 3.05) is 32.7 Å². The number of carbonyl (C=O) groups excluding carboxylic acids is 2. The lowest BCUT2D eigenvalue weighted by Crippen LogP contribution is -3.13. The largest absolute Gasteiger partial charge is 0.444 e. The molecule has 1 saturated heterocycles. The number of ether oxygens (including phenoxy) is 1. The van der Waals surface area contributed by atoms with Gasteiger partial charge in [-0.15, -0.1) is 0 Å². The minimum absolute atomic E-state index is 0.177. The second-order valence-corrected chi connectivity index (χ2v) is 8.27. The summed E-state index contributed by atoms with van der Waals surface area (Å²) in [6.07, 6.45) is 0.667. The number of quaternary nitrogens is 1. The highest BCUT2D eigenvalue weighted by atomic mass is 16.6. The quantitative estimate of drug-likeness (QED) is 0.740. The van der Waals surface area contributed by atoms with Crippen molar-refractivity contribution in [3.63, 3.8) is 0 Å². The summed E-state index contributed by atoms with van der Waals surface area (Å²) < 4.78 is 5.18. The molecule has 0 aliphatic carbocycles. The van der Waals surface area contributed by atoms with Gasteiger partial charge >= 0.3 is 6.09 Å². The molecule has 150 valence electrons. The Morgan fingerprint density at radius 3 is 2.48 bits per heavy atom. The van der Waals surface area contributed by atoms with Crippen molar-refractivity contribution in [3.05, 3.63) is 35.4 Å². The maximum Gasteiger partial charge on any atom is 0.407 e. The van der Waals surface area contributed by atoms with Gasteiger partial charge in [-0.25, -0.2) is 4.79 Å². The highest BCUT2D eigenvalue weighted by Crippen LogP contribution is 2.07. The van der Waals surface area contributed by atoms with Crippen LogP contribution in [0.15, 0.2) is 24.3 Å². The van der Waals surface area contributed by atoms with Crippen molar-refractivity contribution in [3.8, 4) is 0 Å². The lowest BCUT2D eigenvalue weighted by Gasteiger charge is -2.32. The number of piperazine rings is 1. The third kappa shape index (κ3) is 7.59. The molecule has 0 aromatic heterocycles. The lowest BCUT2D eigenvalue weighted by atomic mass is 10.1. The molecule has 27 heavy (non-hydrogen) atoms. The lowest BCUT2D eigenvalue weighted by molar-refractivity contribution is -0.917. The average Bonchev–Trinajstić information content (AvgIpc) is 2.60. The fraction of sp³-hybridized carbons (Fsp3) is 0.619. The molecule has 0 bridgehead atoms. The number of hydrogen-bond donors (Lipinski definition) is 2. The molecule has 0 atom stereocenters. The molecule has 6 nitrogen and oxygen atoms in total. The first-order valence-corrected chi connectivity index (χ1v) is 9.87. The van der Waals surface area contributed by atoms with Gasteiger partial charge in [-0.3, -0.25) is 4.79 Å². The summed E-state index contributed by atoms with van der Waals surface area (Å²) in [6, 6.07) is 8.51. The molecule has 2 amide bonds. The number of nitrogens with zero attached hydrogens (tertiary/aromatic N) is 1. The van der Waals surface area contributed by atoms with E-state index < -0.39 is 11.7 Å². The normalized spacial score (nSPS) is 15.5. The fourth-order valence-corrected chi connectivity index (χ4v) is 3.23. The van der Waals surface area contributed by atoms with E-state index in [4.69, 9.17) is 4.74 Å². The molecule has 1 aliphatic rings. The van der Waals surface area contributed by atoms with E-state index in [2.05, 4.69) is 36.5 Å². The number of alkyl carbamates (subject to hydrolysis) is 1. The average molecular weight is 377 g/mol. The highest BCUT2D eigenvalue weighted by Gasteiger charge is 2.23. The molecule has 1 aromatic carbocycles. The van der Waals surface area contributed by atoms with Crippen LogP contribution in [-0.2, 0) is 16.1 Å². The van der Waals surface area contributed by atoms with E-state index in [-0.39, 0.29) is 5.91 Å². The molecule has 1 aliphatic heterocycles. The van der Waals surface area contributed by atoms with Crippen LogP contribution in [0.2, 0.25) is 0 Å². The molecule has 1 heterocycles. The zero-order valence-corrected chi connectivity index (χ0v) is 17.1. The van der Waals surface area contributed by atoms with E-state index in [9.17, 15) is 9.59 Å². The van der Waals surface area contributed by atoms with Gasteiger partial charge in [-0.1, -0.05) is 24.3 Å². The Hall–Kier alpha value is -2.08. The maximum atomic E-state index is 12.4. The standard InChI is InChI=1S/C21H33N3O3/c1-17-8-5-6-9-18(17)16-23-12-14-24(15-13-23)19(25)10-7-11-22-20(26)27-21(2,3)4/h5-6,8-9H,7,10-16H2,1-4H3,(H,22,26)/p+1. The van der Waals surface area contributed by atoms with Crippen LogP contribution in [0.5, 0.6) is 0 Å². The summed E-state index contributed by atoms with van der Waals surface area (Å²) in [4.78, 5) is 27.4. The van der Waals surface area contributed by atoms with Crippen molar-refractivity contribution < 1.29 is 19.2 Å². The predicted octanol–water partition coefficient (Wildman–Crippen LogP) is 1.53. The summed E-state index contributed by atoms with van der Waals surface area (Å²) in [5, 5.41) is 2.70. The second-order valence-electron chi connectivity index (χ2n) is 8.27. The van der Waals surface area contributed by atoms with Gasteiger partial charge in [0.1, 0.15) is 12.1 Å². The number of amides is 2. The SMILES string of the molecule is Cc1ccccc1C[NH+]1CCN(C(=O)CCCNC(=O)OC(C)(C)C)CC1. The summed E-state index contributed by atoms with van der Waals surface area (Å²) in [7, 11) is 0. The van der Waals surface area contributed by atoms with Gasteiger partial charge in [-0.2, -0.15) is 0 Å². The zero-order valence-electron chi connectivity index (χ0n) is 17.1. The third-order valence-corrected chi connectivity index (χ3v) is 4.76. The molecule has 2 N–H and O–H groups in total. The highest BCUT2D eigenvalue weighted by molar-refractivity contribution is 5.76. The zero-order chi connectivity index (χ0) is 19.9. The van der Waals surface area contributed by atoms with Crippen molar-refractivity contribution >= 4 is 12.0 Å².